The van der Waals surface area contributed by atoms with Crippen LogP contribution in [0.1, 0.15) is 29.9 Å². The van der Waals surface area contributed by atoms with Gasteiger partial charge in [-0.2, -0.15) is 0 Å². The van der Waals surface area contributed by atoms with Gasteiger partial charge < -0.3 is 18.9 Å². The van der Waals surface area contributed by atoms with Crippen LogP contribution in [0.2, 0.25) is 0 Å². The van der Waals surface area contributed by atoms with Gasteiger partial charge in [-0.25, -0.2) is 0 Å². The third-order valence-corrected chi connectivity index (χ3v) is 6.11. The van der Waals surface area contributed by atoms with Gasteiger partial charge in [0.15, 0.2) is 5.41 Å². The Morgan fingerprint density at radius 1 is 0.968 bits per heavy atom. The minimum atomic E-state index is -1.40. The Morgan fingerprint density at radius 2 is 1.61 bits per heavy atom. The molecule has 1 aliphatic carbocycles. The van der Waals surface area contributed by atoms with Gasteiger partial charge in [-0.15, -0.1) is 0 Å². The smallest absolute Gasteiger partial charge is 0.323 e. The summed E-state index contributed by atoms with van der Waals surface area (Å²) in [6.45, 7) is 4.24. The van der Waals surface area contributed by atoms with Crippen LogP contribution in [0.5, 0.6) is 11.5 Å². The number of rotatable bonds is 7. The van der Waals surface area contributed by atoms with Gasteiger partial charge in [0.05, 0.1) is 28.4 Å². The number of ether oxygens (including phenoxy) is 4. The van der Waals surface area contributed by atoms with Crippen molar-refractivity contribution in [2.24, 2.45) is 11.3 Å². The molecule has 164 valence electrons. The summed E-state index contributed by atoms with van der Waals surface area (Å²) in [5.41, 5.74) is 1.34. The summed E-state index contributed by atoms with van der Waals surface area (Å²) >= 11 is 0. The summed E-state index contributed by atoms with van der Waals surface area (Å²) < 4.78 is 21.0. The molecule has 2 aromatic rings. The molecule has 0 spiro atoms. The molecule has 2 aromatic carbocycles. The van der Waals surface area contributed by atoms with Gasteiger partial charge in [0, 0.05) is 17.5 Å². The molecule has 6 heteroatoms. The van der Waals surface area contributed by atoms with Crippen molar-refractivity contribution in [2.45, 2.75) is 18.8 Å². The molecule has 3 rings (SSSR count). The zero-order valence-electron chi connectivity index (χ0n) is 18.3. The fourth-order valence-electron chi connectivity index (χ4n) is 4.61. The van der Waals surface area contributed by atoms with Crippen LogP contribution in [0.25, 0.3) is 0 Å². The maximum absolute atomic E-state index is 12.7. The van der Waals surface area contributed by atoms with E-state index in [2.05, 4.69) is 6.58 Å². The van der Waals surface area contributed by atoms with E-state index in [1.54, 1.807) is 14.2 Å². The summed E-state index contributed by atoms with van der Waals surface area (Å²) in [4.78, 5) is 25.4. The van der Waals surface area contributed by atoms with Gasteiger partial charge in [0.1, 0.15) is 11.5 Å². The van der Waals surface area contributed by atoms with E-state index in [0.29, 0.717) is 11.5 Å². The molecule has 0 unspecified atom stereocenters. The fraction of sp³-hybridized carbons (Fsp3) is 0.360. The Bertz CT molecular complexity index is 949. The Kier molecular flexibility index (Phi) is 6.68. The largest absolute Gasteiger partial charge is 0.497 e. The molecule has 0 heterocycles. The molecule has 0 saturated heterocycles. The lowest BCUT2D eigenvalue weighted by molar-refractivity contribution is -0.168. The number of carbonyl (C=O) groups is 2. The van der Waals surface area contributed by atoms with Crippen LogP contribution < -0.4 is 9.47 Å². The first-order chi connectivity index (χ1) is 14.9. The van der Waals surface area contributed by atoms with Crippen molar-refractivity contribution in [2.75, 3.05) is 28.4 Å². The van der Waals surface area contributed by atoms with Gasteiger partial charge in [0.25, 0.3) is 0 Å². The molecule has 6 nitrogen and oxygen atoms in total. The molecule has 0 N–H and O–H groups in total. The molecule has 0 amide bonds. The third-order valence-electron chi connectivity index (χ3n) is 6.11. The highest BCUT2D eigenvalue weighted by atomic mass is 16.5. The monoisotopic (exact) mass is 424 g/mol. The van der Waals surface area contributed by atoms with Crippen molar-refractivity contribution in [3.05, 3.63) is 71.8 Å². The van der Waals surface area contributed by atoms with E-state index in [4.69, 9.17) is 18.9 Å². The highest BCUT2D eigenvalue weighted by Gasteiger charge is 2.56. The van der Waals surface area contributed by atoms with Crippen LogP contribution in [0.3, 0.4) is 0 Å². The average molecular weight is 424 g/mol. The second kappa shape index (κ2) is 9.25. The quantitative estimate of drug-likeness (QED) is 0.378. The summed E-state index contributed by atoms with van der Waals surface area (Å²) in [7, 11) is 5.77. The van der Waals surface area contributed by atoms with Crippen molar-refractivity contribution >= 4 is 11.9 Å². The van der Waals surface area contributed by atoms with Crippen LogP contribution in [-0.2, 0) is 19.1 Å². The lowest BCUT2D eigenvalue weighted by atomic mass is 9.76. The summed E-state index contributed by atoms with van der Waals surface area (Å²) in [5, 5.41) is 0. The van der Waals surface area contributed by atoms with E-state index < -0.39 is 17.4 Å². The van der Waals surface area contributed by atoms with Gasteiger partial charge in [-0.05, 0) is 30.4 Å². The topological polar surface area (TPSA) is 71.1 Å². The van der Waals surface area contributed by atoms with E-state index in [0.717, 1.165) is 16.7 Å². The molecular weight excluding hydrogens is 396 g/mol. The predicted octanol–water partition coefficient (Wildman–Crippen LogP) is 4.13. The number of hydrogen-bond donors (Lipinski definition) is 0. The van der Waals surface area contributed by atoms with Crippen molar-refractivity contribution in [1.29, 1.82) is 0 Å². The molecule has 31 heavy (non-hydrogen) atoms. The Morgan fingerprint density at radius 3 is 2.16 bits per heavy atom. The molecule has 1 fully saturated rings. The number of benzene rings is 2. The Labute approximate surface area is 182 Å². The highest BCUT2D eigenvalue weighted by Crippen LogP contribution is 2.54. The number of carbonyl (C=O) groups excluding carboxylic acids is 2. The number of methoxy groups -OCH3 is 4. The van der Waals surface area contributed by atoms with Crippen molar-refractivity contribution in [1.82, 2.24) is 0 Å². The first-order valence-corrected chi connectivity index (χ1v) is 10.0. The predicted molar refractivity (Wildman–Crippen MR) is 116 cm³/mol. The minimum absolute atomic E-state index is 0.179. The first kappa shape index (κ1) is 22.4. The standard InChI is InChI=1S/C25H28O6/c1-16-14-25(23(26)30-4,24(27)31-5)15-20(16)22(17-9-7-6-8-10-17)19-12-11-18(28-2)13-21(19)29-3/h6-13,20,22H,1,14-15H2,2-5H3/t20-,22+/m0/s1. The third kappa shape index (κ3) is 4.02. The molecule has 0 aromatic heterocycles. The van der Waals surface area contributed by atoms with Gasteiger partial charge >= 0.3 is 11.9 Å². The maximum atomic E-state index is 12.7. The Balaban J connectivity index is 2.15. The lowest BCUT2D eigenvalue weighted by Gasteiger charge is -2.28. The van der Waals surface area contributed by atoms with Crippen molar-refractivity contribution < 1.29 is 28.5 Å². The minimum Gasteiger partial charge on any atom is -0.497 e. The molecular formula is C25H28O6. The van der Waals surface area contributed by atoms with Gasteiger partial charge in [0.2, 0.25) is 0 Å². The number of esters is 2. The fourth-order valence-corrected chi connectivity index (χ4v) is 4.61. The van der Waals surface area contributed by atoms with Crippen molar-refractivity contribution in [3.63, 3.8) is 0 Å². The molecule has 0 bridgehead atoms. The highest BCUT2D eigenvalue weighted by molar-refractivity contribution is 6.01. The normalized spacial score (nSPS) is 18.2. The molecule has 0 aliphatic heterocycles. The van der Waals surface area contributed by atoms with E-state index in [-0.39, 0.29) is 24.7 Å². The lowest BCUT2D eigenvalue weighted by Crippen LogP contribution is -2.39. The summed E-state index contributed by atoms with van der Waals surface area (Å²) in [5.74, 6) is -0.257. The zero-order chi connectivity index (χ0) is 22.6. The van der Waals surface area contributed by atoms with Crippen LogP contribution in [0.15, 0.2) is 60.7 Å². The van der Waals surface area contributed by atoms with E-state index >= 15 is 0 Å². The van der Waals surface area contributed by atoms with Crippen LogP contribution in [-0.4, -0.2) is 40.4 Å². The average Bonchev–Trinajstić information content (AvgIpc) is 3.16. The van der Waals surface area contributed by atoms with Crippen LogP contribution in [0.4, 0.5) is 0 Å². The number of allylic oxidation sites excluding steroid dienone is 1. The first-order valence-electron chi connectivity index (χ1n) is 10.0. The summed E-state index contributed by atoms with van der Waals surface area (Å²) in [6.07, 6.45) is 0.415. The van der Waals surface area contributed by atoms with Crippen molar-refractivity contribution in [3.8, 4) is 11.5 Å². The molecule has 0 radical (unpaired) electrons. The van der Waals surface area contributed by atoms with Crippen LogP contribution in [0, 0.1) is 11.3 Å². The molecule has 2 atom stereocenters. The van der Waals surface area contributed by atoms with E-state index in [1.807, 2.05) is 48.5 Å². The molecule has 1 saturated carbocycles. The second-order valence-electron chi connectivity index (χ2n) is 7.71. The van der Waals surface area contributed by atoms with Crippen LogP contribution >= 0.6 is 0 Å². The van der Waals surface area contributed by atoms with E-state index in [1.165, 1.54) is 14.2 Å². The van der Waals surface area contributed by atoms with Gasteiger partial charge in [-0.1, -0.05) is 48.6 Å². The second-order valence-corrected chi connectivity index (χ2v) is 7.71. The summed E-state index contributed by atoms with van der Waals surface area (Å²) in [6, 6.07) is 15.6. The van der Waals surface area contributed by atoms with E-state index in [9.17, 15) is 9.59 Å². The number of hydrogen-bond acceptors (Lipinski definition) is 6. The maximum Gasteiger partial charge on any atom is 0.323 e. The molecule has 1 aliphatic rings. The SMILES string of the molecule is C=C1CC(C(=O)OC)(C(=O)OC)C[C@@H]1[C@H](c1ccccc1)c1ccc(OC)cc1OC. The Hall–Kier alpha value is -3.28. The zero-order valence-corrected chi connectivity index (χ0v) is 18.3. The van der Waals surface area contributed by atoms with Gasteiger partial charge in [-0.3, -0.25) is 9.59 Å².